The first-order chi connectivity index (χ1) is 7.97. The average Bonchev–Trinajstić information content (AvgIpc) is 2.72. The Labute approximate surface area is 101 Å². The lowest BCUT2D eigenvalue weighted by molar-refractivity contribution is 0.221. The Morgan fingerprint density at radius 1 is 1.41 bits per heavy atom. The third kappa shape index (κ3) is 3.03. The van der Waals surface area contributed by atoms with Crippen LogP contribution in [0.25, 0.3) is 0 Å². The van der Waals surface area contributed by atoms with Crippen molar-refractivity contribution in [2.75, 3.05) is 6.54 Å². The Kier molecular flexibility index (Phi) is 3.48. The van der Waals surface area contributed by atoms with Crippen molar-refractivity contribution in [2.45, 2.75) is 44.8 Å². The van der Waals surface area contributed by atoms with E-state index in [2.05, 4.69) is 5.32 Å². The van der Waals surface area contributed by atoms with Gasteiger partial charge in [-0.2, -0.15) is 0 Å². The van der Waals surface area contributed by atoms with Crippen LogP contribution in [0, 0.1) is 5.82 Å². The smallest absolute Gasteiger partial charge is 0.130 e. The van der Waals surface area contributed by atoms with Gasteiger partial charge in [0, 0.05) is 6.04 Å². The molecule has 1 atom stereocenters. The van der Waals surface area contributed by atoms with E-state index in [1.807, 2.05) is 0 Å². The number of benzene rings is 1. The molecule has 1 saturated heterocycles. The molecule has 0 aliphatic carbocycles. The van der Waals surface area contributed by atoms with Crippen molar-refractivity contribution >= 4 is 0 Å². The van der Waals surface area contributed by atoms with Gasteiger partial charge < -0.3 is 5.32 Å². The van der Waals surface area contributed by atoms with Gasteiger partial charge in [-0.1, -0.05) is 6.07 Å². The van der Waals surface area contributed by atoms with E-state index in [0.717, 1.165) is 19.4 Å². The SMILES string of the molecule is CC(C)(F)c1ccc(F)c(CC2CCCN2)c1. The first-order valence-electron chi connectivity index (χ1n) is 6.18. The summed E-state index contributed by atoms with van der Waals surface area (Å²) in [6, 6.07) is 4.90. The van der Waals surface area contributed by atoms with Gasteiger partial charge in [0.05, 0.1) is 0 Å². The van der Waals surface area contributed by atoms with E-state index in [9.17, 15) is 8.78 Å². The standard InChI is InChI=1S/C14H19F2N/c1-14(2,16)11-5-6-13(15)10(8-11)9-12-4-3-7-17-12/h5-6,8,12,17H,3-4,7,9H2,1-2H3. The first kappa shape index (κ1) is 12.5. The van der Waals surface area contributed by atoms with Crippen LogP contribution in [0.2, 0.25) is 0 Å². The Morgan fingerprint density at radius 3 is 2.76 bits per heavy atom. The number of hydrogen-bond acceptors (Lipinski definition) is 1. The summed E-state index contributed by atoms with van der Waals surface area (Å²) in [4.78, 5) is 0. The van der Waals surface area contributed by atoms with E-state index in [1.54, 1.807) is 6.07 Å². The molecule has 0 saturated carbocycles. The fourth-order valence-electron chi connectivity index (χ4n) is 2.30. The zero-order chi connectivity index (χ0) is 12.5. The number of nitrogens with one attached hydrogen (secondary N) is 1. The fraction of sp³-hybridized carbons (Fsp3) is 0.571. The van der Waals surface area contributed by atoms with E-state index in [1.165, 1.54) is 26.0 Å². The summed E-state index contributed by atoms with van der Waals surface area (Å²) in [6.45, 7) is 4.00. The van der Waals surface area contributed by atoms with Gasteiger partial charge in [0.25, 0.3) is 0 Å². The minimum atomic E-state index is -1.41. The molecule has 0 aromatic heterocycles. The summed E-state index contributed by atoms with van der Waals surface area (Å²) in [7, 11) is 0. The molecule has 1 aliphatic heterocycles. The van der Waals surface area contributed by atoms with Crippen molar-refractivity contribution in [1.29, 1.82) is 0 Å². The summed E-state index contributed by atoms with van der Waals surface area (Å²) < 4.78 is 27.5. The van der Waals surface area contributed by atoms with Crippen LogP contribution in [-0.4, -0.2) is 12.6 Å². The maximum atomic E-state index is 13.8. The molecule has 1 heterocycles. The Bertz CT molecular complexity index is 390. The number of hydrogen-bond donors (Lipinski definition) is 1. The molecular formula is C14H19F2N. The van der Waals surface area contributed by atoms with Crippen molar-refractivity contribution < 1.29 is 8.78 Å². The summed E-state index contributed by atoms with van der Waals surface area (Å²) in [6.07, 6.45) is 2.86. The minimum Gasteiger partial charge on any atom is -0.314 e. The largest absolute Gasteiger partial charge is 0.314 e. The third-order valence-corrected chi connectivity index (χ3v) is 3.36. The van der Waals surface area contributed by atoms with Gasteiger partial charge >= 0.3 is 0 Å². The molecule has 1 aromatic rings. The highest BCUT2D eigenvalue weighted by atomic mass is 19.1. The minimum absolute atomic E-state index is 0.230. The molecule has 94 valence electrons. The molecule has 1 aliphatic rings. The monoisotopic (exact) mass is 239 g/mol. The first-order valence-corrected chi connectivity index (χ1v) is 6.18. The van der Waals surface area contributed by atoms with Gasteiger partial charge in [0.1, 0.15) is 11.5 Å². The lowest BCUT2D eigenvalue weighted by atomic mass is 9.95. The second kappa shape index (κ2) is 4.73. The molecule has 0 amide bonds. The summed E-state index contributed by atoms with van der Waals surface area (Å²) in [5.74, 6) is -0.230. The fourth-order valence-corrected chi connectivity index (χ4v) is 2.30. The Morgan fingerprint density at radius 2 is 2.18 bits per heavy atom. The van der Waals surface area contributed by atoms with Gasteiger partial charge in [0.2, 0.25) is 0 Å². The number of alkyl halides is 1. The van der Waals surface area contributed by atoms with Crippen LogP contribution in [-0.2, 0) is 12.1 Å². The number of rotatable bonds is 3. The van der Waals surface area contributed by atoms with E-state index in [0.29, 0.717) is 23.6 Å². The molecule has 3 heteroatoms. The summed E-state index contributed by atoms with van der Waals surface area (Å²) >= 11 is 0. The van der Waals surface area contributed by atoms with Crippen molar-refractivity contribution in [3.8, 4) is 0 Å². The molecular weight excluding hydrogens is 220 g/mol. The van der Waals surface area contributed by atoms with Crippen molar-refractivity contribution in [1.82, 2.24) is 5.32 Å². The molecule has 17 heavy (non-hydrogen) atoms. The lowest BCUT2D eigenvalue weighted by Gasteiger charge is -2.17. The predicted octanol–water partition coefficient (Wildman–Crippen LogP) is 3.32. The van der Waals surface area contributed by atoms with Crippen molar-refractivity contribution in [2.24, 2.45) is 0 Å². The summed E-state index contributed by atoms with van der Waals surface area (Å²) in [5.41, 5.74) is -0.245. The molecule has 1 nitrogen and oxygen atoms in total. The molecule has 1 unspecified atom stereocenters. The zero-order valence-electron chi connectivity index (χ0n) is 10.4. The maximum Gasteiger partial charge on any atom is 0.130 e. The summed E-state index contributed by atoms with van der Waals surface area (Å²) in [5, 5.41) is 3.33. The molecule has 0 radical (unpaired) electrons. The van der Waals surface area contributed by atoms with Crippen molar-refractivity contribution in [3.05, 3.63) is 35.1 Å². The van der Waals surface area contributed by atoms with Crippen LogP contribution in [0.5, 0.6) is 0 Å². The van der Waals surface area contributed by atoms with Crippen LogP contribution >= 0.6 is 0 Å². The molecule has 0 spiro atoms. The Balaban J connectivity index is 2.20. The Hall–Kier alpha value is -0.960. The lowest BCUT2D eigenvalue weighted by Crippen LogP contribution is -2.24. The normalized spacial score (nSPS) is 20.8. The topological polar surface area (TPSA) is 12.0 Å². The number of halogens is 2. The van der Waals surface area contributed by atoms with Crippen LogP contribution in [0.4, 0.5) is 8.78 Å². The molecule has 1 N–H and O–H groups in total. The van der Waals surface area contributed by atoms with Gasteiger partial charge in [0.15, 0.2) is 0 Å². The highest BCUT2D eigenvalue weighted by molar-refractivity contribution is 5.29. The van der Waals surface area contributed by atoms with Crippen LogP contribution in [0.15, 0.2) is 18.2 Å². The second-order valence-electron chi connectivity index (χ2n) is 5.28. The highest BCUT2D eigenvalue weighted by Crippen LogP contribution is 2.27. The molecule has 1 aromatic carbocycles. The second-order valence-corrected chi connectivity index (χ2v) is 5.28. The van der Waals surface area contributed by atoms with E-state index in [-0.39, 0.29) is 5.82 Å². The average molecular weight is 239 g/mol. The highest BCUT2D eigenvalue weighted by Gasteiger charge is 2.22. The molecule has 2 rings (SSSR count). The van der Waals surface area contributed by atoms with Gasteiger partial charge in [-0.3, -0.25) is 0 Å². The van der Waals surface area contributed by atoms with Gasteiger partial charge in [-0.25, -0.2) is 8.78 Å². The molecule has 1 fully saturated rings. The quantitative estimate of drug-likeness (QED) is 0.853. The zero-order valence-corrected chi connectivity index (χ0v) is 10.4. The van der Waals surface area contributed by atoms with Gasteiger partial charge in [-0.05, 0) is 62.9 Å². The van der Waals surface area contributed by atoms with E-state index >= 15 is 0 Å². The van der Waals surface area contributed by atoms with Gasteiger partial charge in [-0.15, -0.1) is 0 Å². The molecule has 0 bridgehead atoms. The van der Waals surface area contributed by atoms with Crippen LogP contribution in [0.1, 0.15) is 37.8 Å². The van der Waals surface area contributed by atoms with Crippen molar-refractivity contribution in [3.63, 3.8) is 0 Å². The van der Waals surface area contributed by atoms with E-state index in [4.69, 9.17) is 0 Å². The van der Waals surface area contributed by atoms with Crippen LogP contribution < -0.4 is 5.32 Å². The predicted molar refractivity (Wildman–Crippen MR) is 65.3 cm³/mol. The van der Waals surface area contributed by atoms with E-state index < -0.39 is 5.67 Å². The van der Waals surface area contributed by atoms with Crippen LogP contribution in [0.3, 0.4) is 0 Å². The maximum absolute atomic E-state index is 13.8. The third-order valence-electron chi connectivity index (χ3n) is 3.36.